The second-order valence-electron chi connectivity index (χ2n) is 9.65. The van der Waals surface area contributed by atoms with Crippen LogP contribution in [0.2, 0.25) is 0 Å². The standard InChI is InChI=1S/C23H30FN5O3S/c1-13-6-23(12-29(13)11-19-21(24)27-22(33-19)26-16(4)30)7-17-5-20(25-8-18(17)32-23)28-9-14(2)31-15(3)10-28/h5,8,13-15H,6-7,9-12H2,1-4H3,(H,26,27,30)/t13-,14-,15+,23-/m0/s1. The van der Waals surface area contributed by atoms with Crippen molar-refractivity contribution in [3.05, 3.63) is 28.7 Å². The Balaban J connectivity index is 1.28. The van der Waals surface area contributed by atoms with Crippen LogP contribution in [0.15, 0.2) is 12.3 Å². The average Bonchev–Trinajstić information content (AvgIpc) is 3.34. The summed E-state index contributed by atoms with van der Waals surface area (Å²) >= 11 is 1.19. The van der Waals surface area contributed by atoms with E-state index in [0.717, 1.165) is 37.5 Å². The van der Waals surface area contributed by atoms with Crippen LogP contribution in [0.3, 0.4) is 0 Å². The largest absolute Gasteiger partial charge is 0.484 e. The monoisotopic (exact) mass is 475 g/mol. The topological polar surface area (TPSA) is 79.8 Å². The predicted molar refractivity (Wildman–Crippen MR) is 124 cm³/mol. The number of hydrogen-bond donors (Lipinski definition) is 1. The smallest absolute Gasteiger partial charge is 0.230 e. The van der Waals surface area contributed by atoms with E-state index < -0.39 is 5.95 Å². The molecule has 0 unspecified atom stereocenters. The molecule has 0 saturated carbocycles. The minimum atomic E-state index is -0.518. The van der Waals surface area contributed by atoms with Gasteiger partial charge in [-0.05, 0) is 26.8 Å². The highest BCUT2D eigenvalue weighted by atomic mass is 32.1. The molecule has 0 bridgehead atoms. The second kappa shape index (κ2) is 8.48. The Hall–Kier alpha value is -2.30. The number of halogens is 1. The average molecular weight is 476 g/mol. The van der Waals surface area contributed by atoms with Gasteiger partial charge in [-0.15, -0.1) is 0 Å². The fourth-order valence-corrected chi connectivity index (χ4v) is 6.26. The summed E-state index contributed by atoms with van der Waals surface area (Å²) in [6.07, 6.45) is 3.88. The number of fused-ring (bicyclic) bond motifs is 1. The lowest BCUT2D eigenvalue weighted by molar-refractivity contribution is -0.114. The molecule has 0 aromatic carbocycles. The molecule has 3 aliphatic rings. The molecule has 1 amide bonds. The van der Waals surface area contributed by atoms with Gasteiger partial charge in [0, 0.05) is 57.5 Å². The number of anilines is 2. The lowest BCUT2D eigenvalue weighted by Gasteiger charge is -2.36. The van der Waals surface area contributed by atoms with E-state index in [1.807, 2.05) is 6.20 Å². The molecule has 1 N–H and O–H groups in total. The maximum Gasteiger partial charge on any atom is 0.230 e. The summed E-state index contributed by atoms with van der Waals surface area (Å²) < 4.78 is 26.7. The Morgan fingerprint density at radius 3 is 2.82 bits per heavy atom. The quantitative estimate of drug-likeness (QED) is 0.727. The summed E-state index contributed by atoms with van der Waals surface area (Å²) in [6.45, 7) is 10.5. The highest BCUT2D eigenvalue weighted by Crippen LogP contribution is 2.44. The number of aromatic nitrogens is 2. The van der Waals surface area contributed by atoms with Crippen LogP contribution in [0.1, 0.15) is 44.6 Å². The molecule has 2 aromatic rings. The molecule has 178 valence electrons. The fourth-order valence-electron chi connectivity index (χ4n) is 5.35. The van der Waals surface area contributed by atoms with E-state index in [0.29, 0.717) is 23.1 Å². The van der Waals surface area contributed by atoms with Gasteiger partial charge < -0.3 is 19.7 Å². The summed E-state index contributed by atoms with van der Waals surface area (Å²) in [5.74, 6) is 1.04. The third-order valence-corrected chi connectivity index (χ3v) is 7.51. The van der Waals surface area contributed by atoms with Crippen molar-refractivity contribution in [2.45, 2.75) is 70.9 Å². The first kappa shape index (κ1) is 22.5. The molecule has 2 fully saturated rings. The number of pyridine rings is 1. The minimum Gasteiger partial charge on any atom is -0.484 e. The molecule has 3 aliphatic heterocycles. The number of hydrogen-bond acceptors (Lipinski definition) is 8. The van der Waals surface area contributed by atoms with Crippen molar-refractivity contribution in [2.24, 2.45) is 0 Å². The van der Waals surface area contributed by atoms with Crippen molar-refractivity contribution < 1.29 is 18.7 Å². The Labute approximate surface area is 197 Å². The number of nitrogens with zero attached hydrogens (tertiary/aromatic N) is 4. The van der Waals surface area contributed by atoms with Crippen molar-refractivity contribution in [3.8, 4) is 5.75 Å². The van der Waals surface area contributed by atoms with E-state index >= 15 is 0 Å². The Morgan fingerprint density at radius 2 is 2.09 bits per heavy atom. The van der Waals surface area contributed by atoms with Gasteiger partial charge in [-0.1, -0.05) is 11.3 Å². The van der Waals surface area contributed by atoms with Crippen LogP contribution in [-0.4, -0.2) is 64.3 Å². The molecule has 0 aliphatic carbocycles. The number of nitrogens with one attached hydrogen (secondary N) is 1. The van der Waals surface area contributed by atoms with E-state index in [9.17, 15) is 9.18 Å². The number of likely N-dealkylation sites (tertiary alicyclic amines) is 1. The van der Waals surface area contributed by atoms with E-state index in [1.54, 1.807) is 0 Å². The Kier molecular flexibility index (Phi) is 5.78. The normalized spacial score (nSPS) is 29.4. The van der Waals surface area contributed by atoms with Gasteiger partial charge in [0.1, 0.15) is 17.2 Å². The Bertz CT molecular complexity index is 1050. The van der Waals surface area contributed by atoms with Crippen molar-refractivity contribution >= 4 is 28.2 Å². The van der Waals surface area contributed by atoms with Gasteiger partial charge >= 0.3 is 0 Å². The molecule has 1 spiro atoms. The Morgan fingerprint density at radius 1 is 1.33 bits per heavy atom. The molecule has 10 heteroatoms. The molecule has 4 atom stereocenters. The zero-order valence-electron chi connectivity index (χ0n) is 19.4. The van der Waals surface area contributed by atoms with Gasteiger partial charge in [-0.25, -0.2) is 4.98 Å². The van der Waals surface area contributed by atoms with Crippen LogP contribution >= 0.6 is 11.3 Å². The number of thiazole rings is 1. The first-order valence-electron chi connectivity index (χ1n) is 11.4. The summed E-state index contributed by atoms with van der Waals surface area (Å²) in [5.41, 5.74) is 0.854. The van der Waals surface area contributed by atoms with Crippen LogP contribution in [0.5, 0.6) is 5.75 Å². The zero-order chi connectivity index (χ0) is 23.3. The summed E-state index contributed by atoms with van der Waals surface area (Å²) in [5, 5.41) is 2.86. The first-order valence-corrected chi connectivity index (χ1v) is 12.3. The zero-order valence-corrected chi connectivity index (χ0v) is 20.2. The number of rotatable bonds is 4. The summed E-state index contributed by atoms with van der Waals surface area (Å²) in [7, 11) is 0. The number of amides is 1. The van der Waals surface area contributed by atoms with Crippen molar-refractivity contribution in [1.29, 1.82) is 0 Å². The fraction of sp³-hybridized carbons (Fsp3) is 0.609. The number of carbonyl (C=O) groups excluding carboxylic acids is 1. The maximum absolute atomic E-state index is 14.4. The first-order chi connectivity index (χ1) is 15.7. The molecule has 0 radical (unpaired) electrons. The molecular formula is C23H30FN5O3S. The molecule has 5 heterocycles. The van der Waals surface area contributed by atoms with Gasteiger partial charge in [-0.2, -0.15) is 9.37 Å². The van der Waals surface area contributed by atoms with Gasteiger partial charge in [0.25, 0.3) is 0 Å². The number of morpholine rings is 1. The second-order valence-corrected chi connectivity index (χ2v) is 10.7. The van der Waals surface area contributed by atoms with Crippen LogP contribution in [-0.2, 0) is 22.5 Å². The molecule has 33 heavy (non-hydrogen) atoms. The number of carbonyl (C=O) groups is 1. The SMILES string of the molecule is CC(=O)Nc1nc(F)c(CN2C[C@@]3(Cc4cc(N5C[C@@H](C)O[C@@H](C)C5)ncc4O3)C[C@@H]2C)s1. The predicted octanol–water partition coefficient (Wildman–Crippen LogP) is 3.22. The highest BCUT2D eigenvalue weighted by molar-refractivity contribution is 7.15. The van der Waals surface area contributed by atoms with Crippen molar-refractivity contribution in [3.63, 3.8) is 0 Å². The lowest BCUT2D eigenvalue weighted by atomic mass is 9.95. The van der Waals surface area contributed by atoms with E-state index in [2.05, 4.69) is 51.9 Å². The number of ether oxygens (including phenoxy) is 2. The van der Waals surface area contributed by atoms with Crippen LogP contribution < -0.4 is 15.0 Å². The van der Waals surface area contributed by atoms with Crippen LogP contribution in [0.4, 0.5) is 15.3 Å². The van der Waals surface area contributed by atoms with Crippen molar-refractivity contribution in [1.82, 2.24) is 14.9 Å². The lowest BCUT2D eigenvalue weighted by Crippen LogP contribution is -2.45. The molecule has 2 aromatic heterocycles. The summed E-state index contributed by atoms with van der Waals surface area (Å²) in [6, 6.07) is 2.39. The van der Waals surface area contributed by atoms with Gasteiger partial charge in [-0.3, -0.25) is 9.69 Å². The van der Waals surface area contributed by atoms with Gasteiger partial charge in [0.15, 0.2) is 5.13 Å². The molecule has 2 saturated heterocycles. The van der Waals surface area contributed by atoms with Crippen LogP contribution in [0.25, 0.3) is 0 Å². The van der Waals surface area contributed by atoms with E-state index in [1.165, 1.54) is 23.8 Å². The van der Waals surface area contributed by atoms with Crippen LogP contribution in [0, 0.1) is 5.95 Å². The van der Waals surface area contributed by atoms with Gasteiger partial charge in [0.05, 0.1) is 23.3 Å². The maximum atomic E-state index is 14.4. The van der Waals surface area contributed by atoms with Crippen molar-refractivity contribution in [2.75, 3.05) is 29.9 Å². The molecule has 5 rings (SSSR count). The molecule has 8 nitrogen and oxygen atoms in total. The van der Waals surface area contributed by atoms with Gasteiger partial charge in [0.2, 0.25) is 11.9 Å². The van der Waals surface area contributed by atoms with E-state index in [4.69, 9.17) is 9.47 Å². The third kappa shape index (κ3) is 4.56. The third-order valence-electron chi connectivity index (χ3n) is 6.58. The summed E-state index contributed by atoms with van der Waals surface area (Å²) in [4.78, 5) is 24.8. The minimum absolute atomic E-state index is 0.175. The highest BCUT2D eigenvalue weighted by Gasteiger charge is 2.48. The molecular weight excluding hydrogens is 445 g/mol. The van der Waals surface area contributed by atoms with E-state index in [-0.39, 0.29) is 29.8 Å².